The molecule has 2 heterocycles. The van der Waals surface area contributed by atoms with Gasteiger partial charge in [0.05, 0.1) is 12.3 Å². The Kier molecular flexibility index (Phi) is 7.84. The molecule has 184 valence electrons. The fourth-order valence-corrected chi connectivity index (χ4v) is 4.28. The fraction of sp³-hybridized carbons (Fsp3) is 0.333. The van der Waals surface area contributed by atoms with E-state index in [0.717, 1.165) is 11.4 Å². The van der Waals surface area contributed by atoms with Gasteiger partial charge in [-0.3, -0.25) is 14.3 Å². The van der Waals surface area contributed by atoms with Crippen LogP contribution in [0.25, 0.3) is 5.69 Å². The maximum atomic E-state index is 13.6. The Balaban J connectivity index is 1.67. The highest BCUT2D eigenvalue weighted by Gasteiger charge is 2.33. The third kappa shape index (κ3) is 5.55. The van der Waals surface area contributed by atoms with E-state index in [1.807, 2.05) is 67.2 Å². The van der Waals surface area contributed by atoms with Crippen LogP contribution < -0.4 is 10.9 Å². The number of rotatable bonds is 9. The lowest BCUT2D eigenvalue weighted by Gasteiger charge is -2.29. The highest BCUT2D eigenvalue weighted by molar-refractivity contribution is 6.02. The van der Waals surface area contributed by atoms with Gasteiger partial charge in [0.25, 0.3) is 11.5 Å². The number of anilines is 1. The summed E-state index contributed by atoms with van der Waals surface area (Å²) in [6.07, 6.45) is 2.71. The molecular formula is C27H31N3O5. The minimum absolute atomic E-state index is 0.0877. The van der Waals surface area contributed by atoms with Crippen LogP contribution in [0.3, 0.4) is 0 Å². The van der Waals surface area contributed by atoms with Crippen LogP contribution >= 0.6 is 0 Å². The minimum atomic E-state index is -0.690. The number of carbonyl (C=O) groups excluding carboxylic acids is 1. The van der Waals surface area contributed by atoms with Gasteiger partial charge < -0.3 is 19.9 Å². The van der Waals surface area contributed by atoms with E-state index in [1.54, 1.807) is 22.9 Å². The molecule has 1 aromatic heterocycles. The Morgan fingerprint density at radius 2 is 1.80 bits per heavy atom. The third-order valence-electron chi connectivity index (χ3n) is 6.14. The van der Waals surface area contributed by atoms with Crippen LogP contribution in [0.15, 0.2) is 77.3 Å². The molecule has 2 N–H and O–H groups in total. The van der Waals surface area contributed by atoms with Gasteiger partial charge in [-0.05, 0) is 50.1 Å². The number of amides is 1. The zero-order valence-electron chi connectivity index (χ0n) is 20.0. The van der Waals surface area contributed by atoms with Crippen molar-refractivity contribution in [3.63, 3.8) is 0 Å². The van der Waals surface area contributed by atoms with E-state index in [-0.39, 0.29) is 23.8 Å². The van der Waals surface area contributed by atoms with Crippen LogP contribution in [-0.2, 0) is 21.3 Å². The SMILES string of the molecule is Cc1c([C@H]2C=C(C(=O)Nc3ccccc3)O[C@@H](OCCCCO)C2)c(=O)n(-c2ccccc2)n1C. The van der Waals surface area contributed by atoms with Crippen LogP contribution in [0.2, 0.25) is 0 Å². The highest BCUT2D eigenvalue weighted by Crippen LogP contribution is 2.32. The average Bonchev–Trinajstić information content (AvgIpc) is 3.10. The van der Waals surface area contributed by atoms with E-state index >= 15 is 0 Å². The molecule has 3 aromatic rings. The molecule has 2 aromatic carbocycles. The van der Waals surface area contributed by atoms with Gasteiger partial charge in [0.15, 0.2) is 5.76 Å². The fourth-order valence-electron chi connectivity index (χ4n) is 4.28. The van der Waals surface area contributed by atoms with E-state index in [4.69, 9.17) is 14.6 Å². The molecule has 8 nitrogen and oxygen atoms in total. The van der Waals surface area contributed by atoms with E-state index in [9.17, 15) is 9.59 Å². The summed E-state index contributed by atoms with van der Waals surface area (Å²) in [6, 6.07) is 18.6. The lowest BCUT2D eigenvalue weighted by atomic mass is 9.93. The van der Waals surface area contributed by atoms with Crippen LogP contribution in [0.5, 0.6) is 0 Å². The molecule has 0 fully saturated rings. The number of aliphatic hydroxyl groups excluding tert-OH is 1. The number of hydrogen-bond acceptors (Lipinski definition) is 5. The van der Waals surface area contributed by atoms with Crippen molar-refractivity contribution in [2.24, 2.45) is 7.05 Å². The van der Waals surface area contributed by atoms with Crippen LogP contribution in [0, 0.1) is 6.92 Å². The Hall–Kier alpha value is -3.62. The second-order valence-corrected chi connectivity index (χ2v) is 8.52. The number of nitrogens with one attached hydrogen (secondary N) is 1. The molecule has 1 amide bonds. The van der Waals surface area contributed by atoms with Gasteiger partial charge in [0, 0.05) is 42.9 Å². The molecule has 2 atom stereocenters. The summed E-state index contributed by atoms with van der Waals surface area (Å²) in [5, 5.41) is 11.9. The summed E-state index contributed by atoms with van der Waals surface area (Å²) in [5.74, 6) is -0.653. The number of aromatic nitrogens is 2. The molecule has 0 saturated carbocycles. The summed E-state index contributed by atoms with van der Waals surface area (Å²) in [6.45, 7) is 2.37. The smallest absolute Gasteiger partial charge is 0.290 e. The number of unbranched alkanes of at least 4 members (excludes halogenated alkanes) is 1. The summed E-state index contributed by atoms with van der Waals surface area (Å²) in [5.41, 5.74) is 2.69. The van der Waals surface area contributed by atoms with Gasteiger partial charge in [-0.25, -0.2) is 4.68 Å². The van der Waals surface area contributed by atoms with Crippen molar-refractivity contribution in [1.29, 1.82) is 0 Å². The van der Waals surface area contributed by atoms with Crippen LogP contribution in [0.4, 0.5) is 5.69 Å². The normalized spacial score (nSPS) is 17.5. The van der Waals surface area contributed by atoms with E-state index < -0.39 is 12.2 Å². The third-order valence-corrected chi connectivity index (χ3v) is 6.14. The first-order valence-corrected chi connectivity index (χ1v) is 11.8. The summed E-state index contributed by atoms with van der Waals surface area (Å²) in [4.78, 5) is 26.6. The zero-order chi connectivity index (χ0) is 24.8. The first kappa shape index (κ1) is 24.5. The number of nitrogens with zero attached hydrogens (tertiary/aromatic N) is 2. The van der Waals surface area contributed by atoms with Gasteiger partial charge in [-0.1, -0.05) is 36.4 Å². The Morgan fingerprint density at radius 3 is 2.49 bits per heavy atom. The average molecular weight is 478 g/mol. The predicted molar refractivity (Wildman–Crippen MR) is 133 cm³/mol. The predicted octanol–water partition coefficient (Wildman–Crippen LogP) is 3.63. The molecule has 1 aliphatic heterocycles. The molecule has 0 bridgehead atoms. The molecule has 1 aliphatic rings. The standard InChI is InChI=1S/C27H31N3O5/c1-19-25(27(33)30(29(19)2)22-13-7-4-8-14-22)20-17-23(26(32)28-21-11-5-3-6-12-21)35-24(18-20)34-16-10-9-15-31/h3-8,11-14,17,20,24,31H,9-10,15-16,18H2,1-2H3,(H,28,32)/t20-,24+/m0/s1. The number of allylic oxidation sites excluding steroid dienone is 1. The summed E-state index contributed by atoms with van der Waals surface area (Å²) < 4.78 is 15.3. The first-order chi connectivity index (χ1) is 17.0. The molecule has 0 unspecified atom stereocenters. The van der Waals surface area contributed by atoms with E-state index in [2.05, 4.69) is 5.32 Å². The number of benzene rings is 2. The van der Waals surface area contributed by atoms with Crippen LogP contribution in [0.1, 0.15) is 36.4 Å². The highest BCUT2D eigenvalue weighted by atomic mass is 16.7. The number of para-hydroxylation sites is 2. The molecule has 0 spiro atoms. The van der Waals surface area contributed by atoms with Gasteiger partial charge in [0.2, 0.25) is 6.29 Å². The number of hydrogen-bond donors (Lipinski definition) is 2. The van der Waals surface area contributed by atoms with Crippen molar-refractivity contribution in [2.45, 2.75) is 38.4 Å². The van der Waals surface area contributed by atoms with Crippen molar-refractivity contribution in [2.75, 3.05) is 18.5 Å². The number of ether oxygens (including phenoxy) is 2. The number of aliphatic hydroxyl groups is 1. The molecule has 35 heavy (non-hydrogen) atoms. The van der Waals surface area contributed by atoms with Crippen molar-refractivity contribution in [1.82, 2.24) is 9.36 Å². The van der Waals surface area contributed by atoms with Gasteiger partial charge in [0.1, 0.15) is 0 Å². The first-order valence-electron chi connectivity index (χ1n) is 11.8. The number of carbonyl (C=O) groups is 1. The molecule has 4 rings (SSSR count). The Labute approximate surface area is 204 Å². The maximum Gasteiger partial charge on any atom is 0.290 e. The van der Waals surface area contributed by atoms with Gasteiger partial charge >= 0.3 is 0 Å². The lowest BCUT2D eigenvalue weighted by Crippen LogP contribution is -2.31. The zero-order valence-corrected chi connectivity index (χ0v) is 20.0. The van der Waals surface area contributed by atoms with Gasteiger partial charge in [-0.15, -0.1) is 0 Å². The molecule has 0 saturated heterocycles. The van der Waals surface area contributed by atoms with Crippen LogP contribution in [-0.4, -0.2) is 39.9 Å². The lowest BCUT2D eigenvalue weighted by molar-refractivity contribution is -0.143. The van der Waals surface area contributed by atoms with Crippen molar-refractivity contribution >= 4 is 11.6 Å². The van der Waals surface area contributed by atoms with E-state index in [0.29, 0.717) is 37.1 Å². The molecular weight excluding hydrogens is 446 g/mol. The monoisotopic (exact) mass is 477 g/mol. The van der Waals surface area contributed by atoms with Gasteiger partial charge in [-0.2, -0.15) is 0 Å². The largest absolute Gasteiger partial charge is 0.459 e. The molecule has 0 radical (unpaired) electrons. The Bertz CT molecular complexity index is 1230. The summed E-state index contributed by atoms with van der Waals surface area (Å²) in [7, 11) is 1.85. The van der Waals surface area contributed by atoms with Crippen molar-refractivity contribution in [3.8, 4) is 5.69 Å². The second kappa shape index (κ2) is 11.2. The molecule has 8 heteroatoms. The maximum absolute atomic E-state index is 13.6. The second-order valence-electron chi connectivity index (χ2n) is 8.52. The topological polar surface area (TPSA) is 94.7 Å². The van der Waals surface area contributed by atoms with Crippen molar-refractivity contribution in [3.05, 3.63) is 94.1 Å². The molecule has 0 aliphatic carbocycles. The van der Waals surface area contributed by atoms with E-state index in [1.165, 1.54) is 0 Å². The Morgan fingerprint density at radius 1 is 1.11 bits per heavy atom. The minimum Gasteiger partial charge on any atom is -0.459 e. The quantitative estimate of drug-likeness (QED) is 0.459. The van der Waals surface area contributed by atoms with Crippen molar-refractivity contribution < 1.29 is 19.4 Å². The summed E-state index contributed by atoms with van der Waals surface area (Å²) >= 11 is 0.